The third kappa shape index (κ3) is 5.73. The Morgan fingerprint density at radius 1 is 1.17 bits per heavy atom. The van der Waals surface area contributed by atoms with Crippen LogP contribution in [0.4, 0.5) is 0 Å². The van der Waals surface area contributed by atoms with Gasteiger partial charge in [-0.25, -0.2) is 4.79 Å². The van der Waals surface area contributed by atoms with Gasteiger partial charge in [0.25, 0.3) is 0 Å². The van der Waals surface area contributed by atoms with Gasteiger partial charge in [-0.15, -0.1) is 0 Å². The Labute approximate surface area is 136 Å². The van der Waals surface area contributed by atoms with Crippen molar-refractivity contribution in [3.63, 3.8) is 0 Å². The van der Waals surface area contributed by atoms with Crippen LogP contribution >= 0.6 is 0 Å². The second-order valence-electron chi connectivity index (χ2n) is 5.31. The Balaban J connectivity index is 2.53. The summed E-state index contributed by atoms with van der Waals surface area (Å²) >= 11 is 0. The molecule has 0 bridgehead atoms. The second-order valence-corrected chi connectivity index (χ2v) is 5.31. The third-order valence-electron chi connectivity index (χ3n) is 3.55. The molecule has 1 aromatic carbocycles. The smallest absolute Gasteiger partial charge is 0.326 e. The normalized spacial score (nSPS) is 11.6. The van der Waals surface area contributed by atoms with Gasteiger partial charge in [-0.2, -0.15) is 0 Å². The van der Waals surface area contributed by atoms with Crippen LogP contribution in [0.15, 0.2) is 24.3 Å². The van der Waals surface area contributed by atoms with Crippen LogP contribution in [0.5, 0.6) is 5.75 Å². The molecule has 0 fully saturated rings. The van der Waals surface area contributed by atoms with Crippen LogP contribution in [0.2, 0.25) is 0 Å². The summed E-state index contributed by atoms with van der Waals surface area (Å²) in [6.45, 7) is 4.06. The summed E-state index contributed by atoms with van der Waals surface area (Å²) in [4.78, 5) is 35.9. The molecule has 0 aliphatic rings. The molecule has 126 valence electrons. The SMILES string of the molecule is CCCOc1ccc(C(=O)CCC(=O)N(C)C(C)C(=O)O)cc1. The van der Waals surface area contributed by atoms with Crippen LogP contribution < -0.4 is 4.74 Å². The molecule has 1 amide bonds. The zero-order chi connectivity index (χ0) is 17.4. The maximum absolute atomic E-state index is 12.1. The number of nitrogens with zero attached hydrogens (tertiary/aromatic N) is 1. The predicted octanol–water partition coefficient (Wildman–Crippen LogP) is 2.37. The van der Waals surface area contributed by atoms with Crippen LogP contribution in [0, 0.1) is 0 Å². The summed E-state index contributed by atoms with van der Waals surface area (Å²) in [6.07, 6.45) is 0.941. The van der Waals surface area contributed by atoms with E-state index in [4.69, 9.17) is 9.84 Å². The Hall–Kier alpha value is -2.37. The summed E-state index contributed by atoms with van der Waals surface area (Å²) in [5.41, 5.74) is 0.510. The molecule has 1 rings (SSSR count). The number of carboxylic acid groups (broad SMARTS) is 1. The van der Waals surface area contributed by atoms with Crippen molar-refractivity contribution < 1.29 is 24.2 Å². The van der Waals surface area contributed by atoms with Gasteiger partial charge < -0.3 is 14.7 Å². The first-order valence-corrected chi connectivity index (χ1v) is 7.61. The molecule has 1 atom stereocenters. The van der Waals surface area contributed by atoms with Gasteiger partial charge in [0, 0.05) is 25.5 Å². The Bertz CT molecular complexity index is 553. The number of ether oxygens (including phenoxy) is 1. The molecule has 0 radical (unpaired) electrons. The fourth-order valence-corrected chi connectivity index (χ4v) is 1.88. The van der Waals surface area contributed by atoms with Gasteiger partial charge in [0.15, 0.2) is 5.78 Å². The Morgan fingerprint density at radius 3 is 2.30 bits per heavy atom. The molecule has 6 nitrogen and oxygen atoms in total. The van der Waals surface area contributed by atoms with E-state index in [2.05, 4.69) is 0 Å². The number of Topliss-reactive ketones (excluding diaryl/α,β-unsaturated/α-hetero) is 1. The summed E-state index contributed by atoms with van der Waals surface area (Å²) in [6, 6.07) is 5.88. The number of amides is 1. The van der Waals surface area contributed by atoms with E-state index >= 15 is 0 Å². The van der Waals surface area contributed by atoms with Crippen LogP contribution in [0.25, 0.3) is 0 Å². The number of likely N-dealkylation sites (N-methyl/N-ethyl adjacent to an activating group) is 1. The average Bonchev–Trinajstić information content (AvgIpc) is 2.56. The quantitative estimate of drug-likeness (QED) is 0.706. The highest BCUT2D eigenvalue weighted by Gasteiger charge is 2.22. The van der Waals surface area contributed by atoms with Crippen LogP contribution in [-0.4, -0.2) is 47.4 Å². The molecule has 0 saturated heterocycles. The fourth-order valence-electron chi connectivity index (χ4n) is 1.88. The molecule has 0 heterocycles. The van der Waals surface area contributed by atoms with E-state index in [-0.39, 0.29) is 24.5 Å². The van der Waals surface area contributed by atoms with Gasteiger partial charge in [-0.1, -0.05) is 6.92 Å². The van der Waals surface area contributed by atoms with Crippen LogP contribution in [-0.2, 0) is 9.59 Å². The van der Waals surface area contributed by atoms with Crippen molar-refractivity contribution in [3.05, 3.63) is 29.8 Å². The highest BCUT2D eigenvalue weighted by atomic mass is 16.5. The lowest BCUT2D eigenvalue weighted by Crippen LogP contribution is -2.40. The predicted molar refractivity (Wildman–Crippen MR) is 85.7 cm³/mol. The number of carboxylic acids is 1. The van der Waals surface area contributed by atoms with Crippen molar-refractivity contribution in [2.24, 2.45) is 0 Å². The summed E-state index contributed by atoms with van der Waals surface area (Å²) in [5.74, 6) is -0.891. The lowest BCUT2D eigenvalue weighted by molar-refractivity contribution is -0.148. The maximum atomic E-state index is 12.1. The summed E-state index contributed by atoms with van der Waals surface area (Å²) < 4.78 is 5.44. The molecule has 23 heavy (non-hydrogen) atoms. The minimum absolute atomic E-state index is 0.0129. The first-order valence-electron chi connectivity index (χ1n) is 7.61. The molecular formula is C17H23NO5. The second kappa shape index (κ2) is 8.92. The van der Waals surface area contributed by atoms with Gasteiger partial charge in [-0.3, -0.25) is 9.59 Å². The van der Waals surface area contributed by atoms with Crippen molar-refractivity contribution in [2.75, 3.05) is 13.7 Å². The first kappa shape index (κ1) is 18.7. The van der Waals surface area contributed by atoms with E-state index in [1.165, 1.54) is 14.0 Å². The maximum Gasteiger partial charge on any atom is 0.326 e. The molecule has 0 spiro atoms. The minimum atomic E-state index is -1.07. The number of carbonyl (C=O) groups is 3. The van der Waals surface area contributed by atoms with Gasteiger partial charge in [0.05, 0.1) is 6.61 Å². The molecule has 0 aromatic heterocycles. The van der Waals surface area contributed by atoms with Gasteiger partial charge >= 0.3 is 5.97 Å². The third-order valence-corrected chi connectivity index (χ3v) is 3.55. The molecule has 1 unspecified atom stereocenters. The molecular weight excluding hydrogens is 298 g/mol. The Kier molecular flexibility index (Phi) is 7.25. The zero-order valence-corrected chi connectivity index (χ0v) is 13.7. The van der Waals surface area contributed by atoms with E-state index in [9.17, 15) is 14.4 Å². The van der Waals surface area contributed by atoms with Gasteiger partial charge in [0.1, 0.15) is 11.8 Å². The topological polar surface area (TPSA) is 83.9 Å². The van der Waals surface area contributed by atoms with Crippen molar-refractivity contribution in [2.45, 2.75) is 39.2 Å². The van der Waals surface area contributed by atoms with Crippen molar-refractivity contribution in [1.82, 2.24) is 4.90 Å². The molecule has 1 N–H and O–H groups in total. The van der Waals surface area contributed by atoms with Crippen molar-refractivity contribution in [1.29, 1.82) is 0 Å². The van der Waals surface area contributed by atoms with Gasteiger partial charge in [-0.05, 0) is 37.6 Å². The highest BCUT2D eigenvalue weighted by Crippen LogP contribution is 2.15. The van der Waals surface area contributed by atoms with E-state index < -0.39 is 12.0 Å². The number of rotatable bonds is 9. The standard InChI is InChI=1S/C17H23NO5/c1-4-11-23-14-7-5-13(6-8-14)15(19)9-10-16(20)18(3)12(2)17(21)22/h5-8,12H,4,9-11H2,1-3H3,(H,21,22). The van der Waals surface area contributed by atoms with E-state index in [1.807, 2.05) is 6.92 Å². The molecule has 6 heteroatoms. The number of hydrogen-bond acceptors (Lipinski definition) is 4. The van der Waals surface area contributed by atoms with E-state index in [1.54, 1.807) is 24.3 Å². The summed E-state index contributed by atoms with van der Waals surface area (Å²) in [7, 11) is 1.42. The van der Waals surface area contributed by atoms with Crippen molar-refractivity contribution >= 4 is 17.7 Å². The molecule has 0 saturated carbocycles. The Morgan fingerprint density at radius 2 is 1.78 bits per heavy atom. The number of aliphatic carboxylic acids is 1. The fraction of sp³-hybridized carbons (Fsp3) is 0.471. The lowest BCUT2D eigenvalue weighted by atomic mass is 10.1. The molecule has 1 aromatic rings. The van der Waals surface area contributed by atoms with E-state index in [0.717, 1.165) is 11.3 Å². The van der Waals surface area contributed by atoms with Crippen LogP contribution in [0.3, 0.4) is 0 Å². The zero-order valence-electron chi connectivity index (χ0n) is 13.7. The lowest BCUT2D eigenvalue weighted by Gasteiger charge is -2.21. The summed E-state index contributed by atoms with van der Waals surface area (Å²) in [5, 5.41) is 8.87. The number of ketones is 1. The number of hydrogen-bond donors (Lipinski definition) is 1. The van der Waals surface area contributed by atoms with Crippen LogP contribution in [0.1, 0.15) is 43.5 Å². The van der Waals surface area contributed by atoms with E-state index in [0.29, 0.717) is 17.9 Å². The molecule has 0 aliphatic heterocycles. The van der Waals surface area contributed by atoms with Crippen molar-refractivity contribution in [3.8, 4) is 5.75 Å². The molecule has 0 aliphatic carbocycles. The first-order chi connectivity index (χ1) is 10.9. The van der Waals surface area contributed by atoms with Gasteiger partial charge in [0.2, 0.25) is 5.91 Å². The average molecular weight is 321 g/mol. The highest BCUT2D eigenvalue weighted by molar-refractivity contribution is 5.98. The minimum Gasteiger partial charge on any atom is -0.494 e. The monoisotopic (exact) mass is 321 g/mol. The number of benzene rings is 1. The number of carbonyl (C=O) groups excluding carboxylic acids is 2. The largest absolute Gasteiger partial charge is 0.494 e.